The van der Waals surface area contributed by atoms with Crippen molar-refractivity contribution in [3.63, 3.8) is 0 Å². The molecule has 1 atom stereocenters. The zero-order valence-electron chi connectivity index (χ0n) is 16.1. The zero-order valence-corrected chi connectivity index (χ0v) is 16.1. The van der Waals surface area contributed by atoms with Crippen LogP contribution in [0.15, 0.2) is 91.0 Å². The number of likely N-dealkylation sites (N-methyl/N-ethyl adjacent to an activating group) is 1. The minimum Gasteiger partial charge on any atom is -0.345 e. The Morgan fingerprint density at radius 3 is 1.82 bits per heavy atom. The van der Waals surface area contributed by atoms with Gasteiger partial charge in [-0.05, 0) is 18.1 Å². The van der Waals surface area contributed by atoms with Gasteiger partial charge in [-0.25, -0.2) is 0 Å². The van der Waals surface area contributed by atoms with Crippen LogP contribution in [-0.4, -0.2) is 24.3 Å². The Morgan fingerprint density at radius 1 is 0.786 bits per heavy atom. The number of carbonyl (C=O) groups excluding carboxylic acids is 1. The van der Waals surface area contributed by atoms with Gasteiger partial charge < -0.3 is 9.64 Å². The molecule has 1 aliphatic rings. The third-order valence-corrected chi connectivity index (χ3v) is 5.21. The van der Waals surface area contributed by atoms with Crippen LogP contribution in [0.5, 0.6) is 0 Å². The van der Waals surface area contributed by atoms with E-state index < -0.39 is 5.72 Å². The van der Waals surface area contributed by atoms with Crippen LogP contribution in [0.25, 0.3) is 11.3 Å². The SMILES string of the molecule is CCOC1(c2ccccc2)C(=O)C(c2ccccc2)=C(c2ccccc2)N1C. The molecule has 1 aliphatic heterocycles. The predicted octanol–water partition coefficient (Wildman–Crippen LogP) is 4.96. The van der Waals surface area contributed by atoms with Crippen LogP contribution in [0.3, 0.4) is 0 Å². The second-order valence-corrected chi connectivity index (χ2v) is 6.79. The fourth-order valence-electron chi connectivity index (χ4n) is 4.00. The molecule has 0 amide bonds. The van der Waals surface area contributed by atoms with Crippen molar-refractivity contribution >= 4 is 17.1 Å². The number of hydrogen-bond acceptors (Lipinski definition) is 3. The summed E-state index contributed by atoms with van der Waals surface area (Å²) in [6.45, 7) is 2.35. The average Bonchev–Trinajstić information content (AvgIpc) is 2.98. The molecule has 0 saturated carbocycles. The van der Waals surface area contributed by atoms with E-state index in [1.165, 1.54) is 0 Å². The lowest BCUT2D eigenvalue weighted by Gasteiger charge is -2.37. The molecule has 1 heterocycles. The van der Waals surface area contributed by atoms with Crippen molar-refractivity contribution in [1.29, 1.82) is 0 Å². The summed E-state index contributed by atoms with van der Waals surface area (Å²) in [4.78, 5) is 16.0. The number of benzene rings is 3. The summed E-state index contributed by atoms with van der Waals surface area (Å²) >= 11 is 0. The van der Waals surface area contributed by atoms with Gasteiger partial charge in [0.25, 0.3) is 0 Å². The first-order valence-electron chi connectivity index (χ1n) is 9.53. The quantitative estimate of drug-likeness (QED) is 0.637. The second kappa shape index (κ2) is 7.45. The third-order valence-electron chi connectivity index (χ3n) is 5.21. The van der Waals surface area contributed by atoms with Crippen molar-refractivity contribution < 1.29 is 9.53 Å². The van der Waals surface area contributed by atoms with Gasteiger partial charge >= 0.3 is 0 Å². The Labute approximate surface area is 165 Å². The molecule has 0 spiro atoms. The Hall–Kier alpha value is -3.17. The van der Waals surface area contributed by atoms with Gasteiger partial charge in [-0.2, -0.15) is 0 Å². The van der Waals surface area contributed by atoms with E-state index in [2.05, 4.69) is 0 Å². The van der Waals surface area contributed by atoms with Crippen molar-refractivity contribution in [2.75, 3.05) is 13.7 Å². The molecule has 3 aromatic rings. The molecule has 0 bridgehead atoms. The molecule has 1 unspecified atom stereocenters. The topological polar surface area (TPSA) is 29.5 Å². The molecule has 0 fully saturated rings. The summed E-state index contributed by atoms with van der Waals surface area (Å²) in [5, 5.41) is 0. The van der Waals surface area contributed by atoms with Gasteiger partial charge in [-0.1, -0.05) is 91.0 Å². The first kappa shape index (κ1) is 18.2. The lowest BCUT2D eigenvalue weighted by atomic mass is 9.92. The summed E-state index contributed by atoms with van der Waals surface area (Å²) in [5.74, 6) is -0.0342. The highest BCUT2D eigenvalue weighted by Gasteiger charge is 2.54. The van der Waals surface area contributed by atoms with Gasteiger partial charge in [0.2, 0.25) is 11.5 Å². The molecule has 0 aliphatic carbocycles. The lowest BCUT2D eigenvalue weighted by Crippen LogP contribution is -2.47. The molecule has 140 valence electrons. The third kappa shape index (κ3) is 2.76. The standard InChI is InChI=1S/C25H23NO2/c1-3-28-25(21-17-11-6-12-18-21)24(27)22(19-13-7-4-8-14-19)23(26(25)2)20-15-9-5-10-16-20/h4-18H,3H2,1-2H3. The van der Waals surface area contributed by atoms with E-state index in [1.807, 2.05) is 110 Å². The van der Waals surface area contributed by atoms with E-state index in [0.717, 1.165) is 22.4 Å². The molecule has 4 rings (SSSR count). The molecular weight excluding hydrogens is 346 g/mol. The minimum atomic E-state index is -1.17. The van der Waals surface area contributed by atoms with Crippen LogP contribution in [0, 0.1) is 0 Å². The fourth-order valence-corrected chi connectivity index (χ4v) is 4.00. The van der Waals surface area contributed by atoms with E-state index in [9.17, 15) is 4.79 Å². The Balaban J connectivity index is 1.99. The van der Waals surface area contributed by atoms with Crippen LogP contribution in [0.4, 0.5) is 0 Å². The number of ether oxygens (including phenoxy) is 1. The second-order valence-electron chi connectivity index (χ2n) is 6.79. The highest BCUT2D eigenvalue weighted by atomic mass is 16.5. The monoisotopic (exact) mass is 369 g/mol. The fraction of sp³-hybridized carbons (Fsp3) is 0.160. The highest BCUT2D eigenvalue weighted by molar-refractivity contribution is 6.34. The number of rotatable bonds is 5. The van der Waals surface area contributed by atoms with E-state index >= 15 is 0 Å². The number of hydrogen-bond donors (Lipinski definition) is 0. The molecular formula is C25H23NO2. The van der Waals surface area contributed by atoms with Gasteiger partial charge in [0, 0.05) is 19.2 Å². The van der Waals surface area contributed by atoms with E-state index in [0.29, 0.717) is 12.2 Å². The molecule has 0 N–H and O–H groups in total. The number of carbonyl (C=O) groups is 1. The van der Waals surface area contributed by atoms with Crippen molar-refractivity contribution in [1.82, 2.24) is 4.90 Å². The van der Waals surface area contributed by atoms with E-state index in [1.54, 1.807) is 0 Å². The average molecular weight is 369 g/mol. The van der Waals surface area contributed by atoms with Gasteiger partial charge in [-0.15, -0.1) is 0 Å². The van der Waals surface area contributed by atoms with Crippen molar-refractivity contribution in [3.05, 3.63) is 108 Å². The Morgan fingerprint density at radius 2 is 1.29 bits per heavy atom. The van der Waals surface area contributed by atoms with Crippen LogP contribution >= 0.6 is 0 Å². The molecule has 28 heavy (non-hydrogen) atoms. The molecule has 3 heteroatoms. The van der Waals surface area contributed by atoms with Gasteiger partial charge in [0.05, 0.1) is 11.3 Å². The van der Waals surface area contributed by atoms with Crippen LogP contribution in [0.1, 0.15) is 23.6 Å². The molecule has 0 radical (unpaired) electrons. The Bertz CT molecular complexity index is 996. The number of nitrogens with zero attached hydrogens (tertiary/aromatic N) is 1. The summed E-state index contributed by atoms with van der Waals surface area (Å²) < 4.78 is 6.24. The van der Waals surface area contributed by atoms with Crippen LogP contribution in [0.2, 0.25) is 0 Å². The summed E-state index contributed by atoms with van der Waals surface area (Å²) in [6.07, 6.45) is 0. The van der Waals surface area contributed by atoms with E-state index in [4.69, 9.17) is 4.74 Å². The summed E-state index contributed by atoms with van der Waals surface area (Å²) in [5.41, 5.74) is 3.13. The predicted molar refractivity (Wildman–Crippen MR) is 112 cm³/mol. The smallest absolute Gasteiger partial charge is 0.232 e. The van der Waals surface area contributed by atoms with Crippen LogP contribution in [-0.2, 0) is 15.3 Å². The number of Topliss-reactive ketones (excluding diaryl/α,β-unsaturated/α-hetero) is 1. The molecule has 3 aromatic carbocycles. The van der Waals surface area contributed by atoms with Crippen molar-refractivity contribution in [3.8, 4) is 0 Å². The van der Waals surface area contributed by atoms with Crippen molar-refractivity contribution in [2.24, 2.45) is 0 Å². The maximum absolute atomic E-state index is 14.0. The molecule has 0 aromatic heterocycles. The van der Waals surface area contributed by atoms with Gasteiger partial charge in [0.1, 0.15) is 0 Å². The molecule has 3 nitrogen and oxygen atoms in total. The van der Waals surface area contributed by atoms with Crippen molar-refractivity contribution in [2.45, 2.75) is 12.6 Å². The normalized spacial score (nSPS) is 19.4. The summed E-state index contributed by atoms with van der Waals surface area (Å²) in [6, 6.07) is 29.6. The first-order chi connectivity index (χ1) is 13.7. The number of ketones is 1. The lowest BCUT2D eigenvalue weighted by molar-refractivity contribution is -0.158. The highest BCUT2D eigenvalue weighted by Crippen LogP contribution is 2.48. The van der Waals surface area contributed by atoms with Crippen LogP contribution < -0.4 is 0 Å². The first-order valence-corrected chi connectivity index (χ1v) is 9.53. The Kier molecular flexibility index (Phi) is 4.84. The largest absolute Gasteiger partial charge is 0.345 e. The maximum Gasteiger partial charge on any atom is 0.232 e. The molecule has 0 saturated heterocycles. The minimum absolute atomic E-state index is 0.0342. The van der Waals surface area contributed by atoms with E-state index in [-0.39, 0.29) is 5.78 Å². The summed E-state index contributed by atoms with van der Waals surface area (Å²) in [7, 11) is 1.94. The van der Waals surface area contributed by atoms with Gasteiger partial charge in [0.15, 0.2) is 0 Å². The zero-order chi connectivity index (χ0) is 19.6. The maximum atomic E-state index is 14.0. The van der Waals surface area contributed by atoms with Gasteiger partial charge in [-0.3, -0.25) is 4.79 Å².